The third-order valence-electron chi connectivity index (χ3n) is 3.13. The molecule has 2 rings (SSSR count). The van der Waals surface area contributed by atoms with Gasteiger partial charge in [0.25, 0.3) is 0 Å². The van der Waals surface area contributed by atoms with Gasteiger partial charge in [0.15, 0.2) is 0 Å². The van der Waals surface area contributed by atoms with E-state index in [1.54, 1.807) is 13.8 Å². The van der Waals surface area contributed by atoms with Gasteiger partial charge >= 0.3 is 0 Å². The first-order valence-electron chi connectivity index (χ1n) is 5.92. The lowest BCUT2D eigenvalue weighted by molar-refractivity contribution is -0.0813. The molecule has 4 heteroatoms. The molecule has 0 bridgehead atoms. The molecule has 0 radical (unpaired) electrons. The van der Waals surface area contributed by atoms with Crippen molar-refractivity contribution in [2.24, 2.45) is 0 Å². The van der Waals surface area contributed by atoms with E-state index in [2.05, 4.69) is 9.97 Å². The Labute approximate surface area is 102 Å². The Morgan fingerprint density at radius 3 is 2.59 bits per heavy atom. The van der Waals surface area contributed by atoms with Crippen LogP contribution in [-0.4, -0.2) is 20.7 Å². The van der Waals surface area contributed by atoms with Crippen molar-refractivity contribution in [3.8, 4) is 0 Å². The van der Waals surface area contributed by atoms with Crippen LogP contribution in [0.3, 0.4) is 0 Å². The van der Waals surface area contributed by atoms with Crippen LogP contribution in [0.4, 0.5) is 0 Å². The predicted molar refractivity (Wildman–Crippen MR) is 64.6 cm³/mol. The van der Waals surface area contributed by atoms with Crippen LogP contribution in [0, 0.1) is 13.8 Å². The maximum absolute atomic E-state index is 9.98. The summed E-state index contributed by atoms with van der Waals surface area (Å²) in [6.45, 7) is 9.97. The van der Waals surface area contributed by atoms with Crippen LogP contribution in [0.2, 0.25) is 0 Å². The van der Waals surface area contributed by atoms with Gasteiger partial charge in [-0.2, -0.15) is 0 Å². The molecule has 1 aromatic rings. The number of rotatable bonds is 2. The van der Waals surface area contributed by atoms with Crippen LogP contribution in [0.15, 0.2) is 0 Å². The largest absolute Gasteiger partial charge is 0.390 e. The monoisotopic (exact) mass is 236 g/mol. The summed E-state index contributed by atoms with van der Waals surface area (Å²) in [4.78, 5) is 8.86. The van der Waals surface area contributed by atoms with Gasteiger partial charge in [0, 0.05) is 17.7 Å². The fourth-order valence-electron chi connectivity index (χ4n) is 2.61. The summed E-state index contributed by atoms with van der Waals surface area (Å²) in [5.74, 6) is 0.758. The van der Waals surface area contributed by atoms with Gasteiger partial charge in [-0.15, -0.1) is 0 Å². The lowest BCUT2D eigenvalue weighted by Gasteiger charge is -2.30. The summed E-state index contributed by atoms with van der Waals surface area (Å²) in [6, 6.07) is 0. The van der Waals surface area contributed by atoms with Crippen molar-refractivity contribution < 1.29 is 9.84 Å². The molecule has 4 nitrogen and oxygen atoms in total. The maximum atomic E-state index is 9.98. The molecule has 0 saturated heterocycles. The summed E-state index contributed by atoms with van der Waals surface area (Å²) in [6.07, 6.45) is 0.531. The van der Waals surface area contributed by atoms with Crippen molar-refractivity contribution in [2.75, 3.05) is 0 Å². The Bertz CT molecular complexity index is 451. The number of hydrogen-bond acceptors (Lipinski definition) is 4. The van der Waals surface area contributed by atoms with E-state index in [4.69, 9.17) is 4.74 Å². The van der Waals surface area contributed by atoms with Crippen molar-refractivity contribution in [1.29, 1.82) is 0 Å². The minimum absolute atomic E-state index is 0.508. The molecule has 94 valence electrons. The normalized spacial score (nSPS) is 23.9. The molecule has 1 aliphatic rings. The average molecular weight is 236 g/mol. The van der Waals surface area contributed by atoms with Gasteiger partial charge in [-0.1, -0.05) is 0 Å². The quantitative estimate of drug-likeness (QED) is 0.853. The number of nitrogens with zero attached hydrogens (tertiary/aromatic N) is 2. The molecule has 1 unspecified atom stereocenters. The zero-order chi connectivity index (χ0) is 12.8. The predicted octanol–water partition coefficient (Wildman–Crippen LogP) is 2.00. The van der Waals surface area contributed by atoms with Gasteiger partial charge in [0.05, 0.1) is 17.9 Å². The highest BCUT2D eigenvalue weighted by molar-refractivity contribution is 5.32. The van der Waals surface area contributed by atoms with Crippen molar-refractivity contribution in [2.45, 2.75) is 58.8 Å². The molecular formula is C13H20N2O2. The van der Waals surface area contributed by atoms with E-state index in [9.17, 15) is 5.11 Å². The zero-order valence-corrected chi connectivity index (χ0v) is 11.2. The number of aliphatic hydroxyl groups is 1. The summed E-state index contributed by atoms with van der Waals surface area (Å²) in [7, 11) is 0. The fourth-order valence-corrected chi connectivity index (χ4v) is 2.61. The number of ether oxygens (including phenoxy) is 1. The van der Waals surface area contributed by atoms with Gasteiger partial charge in [-0.3, -0.25) is 0 Å². The Morgan fingerprint density at radius 2 is 2.00 bits per heavy atom. The molecule has 0 amide bonds. The van der Waals surface area contributed by atoms with Gasteiger partial charge in [-0.05, 0) is 34.6 Å². The second-order valence-electron chi connectivity index (χ2n) is 5.69. The summed E-state index contributed by atoms with van der Waals surface area (Å²) in [5.41, 5.74) is 1.70. The standard InChI is InChI=1S/C13H20N2O2/c1-8-10-6-17-13(5,7-12(3,4)16)11(10)15-9(2)14-8/h16H,6-7H2,1-5H3. The van der Waals surface area contributed by atoms with Gasteiger partial charge in [0.1, 0.15) is 11.4 Å². The third kappa shape index (κ3) is 2.33. The molecule has 0 saturated carbocycles. The third-order valence-corrected chi connectivity index (χ3v) is 3.13. The SMILES string of the molecule is Cc1nc(C)c2c(n1)C(C)(CC(C)(C)O)OC2. The van der Waals surface area contributed by atoms with E-state index in [1.807, 2.05) is 20.8 Å². The van der Waals surface area contributed by atoms with Gasteiger partial charge in [0.2, 0.25) is 0 Å². The topological polar surface area (TPSA) is 55.2 Å². The second kappa shape index (κ2) is 3.75. The molecule has 0 spiro atoms. The van der Waals surface area contributed by atoms with Crippen LogP contribution >= 0.6 is 0 Å². The summed E-state index contributed by atoms with van der Waals surface area (Å²) in [5, 5.41) is 9.98. The molecule has 17 heavy (non-hydrogen) atoms. The van der Waals surface area contributed by atoms with Crippen LogP contribution in [-0.2, 0) is 16.9 Å². The molecular weight excluding hydrogens is 216 g/mol. The van der Waals surface area contributed by atoms with E-state index in [-0.39, 0.29) is 0 Å². The van der Waals surface area contributed by atoms with Crippen molar-refractivity contribution in [3.63, 3.8) is 0 Å². The smallest absolute Gasteiger partial charge is 0.125 e. The molecule has 0 aliphatic carbocycles. The minimum atomic E-state index is -0.775. The first-order chi connectivity index (χ1) is 7.71. The number of hydrogen-bond donors (Lipinski definition) is 1. The molecule has 0 fully saturated rings. The average Bonchev–Trinajstić information content (AvgIpc) is 2.40. The lowest BCUT2D eigenvalue weighted by atomic mass is 9.87. The number of aromatic nitrogens is 2. The zero-order valence-electron chi connectivity index (χ0n) is 11.2. The minimum Gasteiger partial charge on any atom is -0.390 e. The van der Waals surface area contributed by atoms with Crippen LogP contribution in [0.25, 0.3) is 0 Å². The van der Waals surface area contributed by atoms with E-state index in [0.29, 0.717) is 13.0 Å². The lowest BCUT2D eigenvalue weighted by Crippen LogP contribution is -2.33. The highest BCUT2D eigenvalue weighted by Crippen LogP contribution is 2.41. The Kier molecular flexibility index (Phi) is 2.75. The highest BCUT2D eigenvalue weighted by atomic mass is 16.5. The number of aryl methyl sites for hydroxylation is 2. The molecule has 0 aromatic carbocycles. The summed E-state index contributed by atoms with van der Waals surface area (Å²) < 4.78 is 5.86. The summed E-state index contributed by atoms with van der Waals surface area (Å²) >= 11 is 0. The van der Waals surface area contributed by atoms with Crippen LogP contribution < -0.4 is 0 Å². The van der Waals surface area contributed by atoms with Crippen molar-refractivity contribution in [1.82, 2.24) is 9.97 Å². The van der Waals surface area contributed by atoms with E-state index in [1.165, 1.54) is 0 Å². The molecule has 1 atom stereocenters. The van der Waals surface area contributed by atoms with Crippen molar-refractivity contribution >= 4 is 0 Å². The van der Waals surface area contributed by atoms with Crippen molar-refractivity contribution in [3.05, 3.63) is 22.8 Å². The van der Waals surface area contributed by atoms with Gasteiger partial charge in [-0.25, -0.2) is 9.97 Å². The van der Waals surface area contributed by atoms with Gasteiger partial charge < -0.3 is 9.84 Å². The molecule has 1 aromatic heterocycles. The van der Waals surface area contributed by atoms with Crippen LogP contribution in [0.5, 0.6) is 0 Å². The second-order valence-corrected chi connectivity index (χ2v) is 5.69. The highest BCUT2D eigenvalue weighted by Gasteiger charge is 2.42. The first-order valence-corrected chi connectivity index (χ1v) is 5.92. The fraction of sp³-hybridized carbons (Fsp3) is 0.692. The Balaban J connectivity index is 2.45. The first kappa shape index (κ1) is 12.5. The number of fused-ring (bicyclic) bond motifs is 1. The van der Waals surface area contributed by atoms with E-state index in [0.717, 1.165) is 22.8 Å². The van der Waals surface area contributed by atoms with Crippen LogP contribution in [0.1, 0.15) is 50.0 Å². The Hall–Kier alpha value is -1.00. The molecule has 1 N–H and O–H groups in total. The van der Waals surface area contributed by atoms with E-state index >= 15 is 0 Å². The molecule has 2 heterocycles. The molecule has 1 aliphatic heterocycles. The maximum Gasteiger partial charge on any atom is 0.125 e. The van der Waals surface area contributed by atoms with E-state index < -0.39 is 11.2 Å². The Morgan fingerprint density at radius 1 is 1.35 bits per heavy atom.